The van der Waals surface area contributed by atoms with Crippen LogP contribution < -0.4 is 5.32 Å². The Balaban J connectivity index is 1.22. The first-order valence-electron chi connectivity index (χ1n) is 10.3. The number of thioether (sulfide) groups is 1. The molecule has 4 fully saturated rings. The quantitative estimate of drug-likeness (QED) is 0.641. The summed E-state index contributed by atoms with van der Waals surface area (Å²) < 4.78 is 3.28. The fourth-order valence-electron chi connectivity index (χ4n) is 6.27. The van der Waals surface area contributed by atoms with E-state index in [-0.39, 0.29) is 16.7 Å². The molecule has 3 aromatic rings. The molecule has 0 radical (unpaired) electrons. The molecule has 4 aliphatic carbocycles. The Morgan fingerprint density at radius 2 is 1.86 bits per heavy atom. The molecule has 5 nitrogen and oxygen atoms in total. The van der Waals surface area contributed by atoms with E-state index in [4.69, 9.17) is 0 Å². The SMILES string of the molecule is CC(Sc1nnc2sc3ccccc3n12)C(=O)NC12CC3CC(CC(C3)C1)C2. The zero-order valence-electron chi connectivity index (χ0n) is 15.9. The van der Waals surface area contributed by atoms with Crippen LogP contribution in [0.25, 0.3) is 15.2 Å². The first-order chi connectivity index (χ1) is 13.6. The van der Waals surface area contributed by atoms with E-state index >= 15 is 0 Å². The fourth-order valence-corrected chi connectivity index (χ4v) is 8.15. The van der Waals surface area contributed by atoms with Crippen molar-refractivity contribution in [2.45, 2.75) is 61.4 Å². The van der Waals surface area contributed by atoms with Gasteiger partial charge < -0.3 is 5.32 Å². The topological polar surface area (TPSA) is 59.3 Å². The third-order valence-electron chi connectivity index (χ3n) is 6.99. The highest BCUT2D eigenvalue weighted by atomic mass is 32.2. The molecule has 7 heteroatoms. The predicted octanol–water partition coefficient (Wildman–Crippen LogP) is 4.51. The first kappa shape index (κ1) is 17.3. The van der Waals surface area contributed by atoms with Crippen molar-refractivity contribution in [1.29, 1.82) is 0 Å². The van der Waals surface area contributed by atoms with Crippen LogP contribution in [0.4, 0.5) is 0 Å². The highest BCUT2D eigenvalue weighted by molar-refractivity contribution is 8.00. The van der Waals surface area contributed by atoms with E-state index in [1.54, 1.807) is 11.3 Å². The van der Waals surface area contributed by atoms with E-state index in [9.17, 15) is 4.79 Å². The lowest BCUT2D eigenvalue weighted by Crippen LogP contribution is -2.60. The minimum Gasteiger partial charge on any atom is -0.350 e. The number of amides is 1. The van der Waals surface area contributed by atoms with Crippen LogP contribution in [0.5, 0.6) is 0 Å². The summed E-state index contributed by atoms with van der Waals surface area (Å²) in [7, 11) is 0. The summed E-state index contributed by atoms with van der Waals surface area (Å²) in [5.74, 6) is 2.66. The van der Waals surface area contributed by atoms with Crippen molar-refractivity contribution >= 4 is 44.2 Å². The third kappa shape index (κ3) is 2.70. The second-order valence-corrected chi connectivity index (χ2v) is 11.4. The van der Waals surface area contributed by atoms with Gasteiger partial charge in [0.15, 0.2) is 5.16 Å². The molecule has 4 bridgehead atoms. The Morgan fingerprint density at radius 1 is 1.18 bits per heavy atom. The Kier molecular flexibility index (Phi) is 3.82. The van der Waals surface area contributed by atoms with Gasteiger partial charge in [0.05, 0.1) is 15.5 Å². The predicted molar refractivity (Wildman–Crippen MR) is 113 cm³/mol. The number of carbonyl (C=O) groups excluding carboxylic acids is 1. The van der Waals surface area contributed by atoms with Crippen LogP contribution in [0.3, 0.4) is 0 Å². The highest BCUT2D eigenvalue weighted by Crippen LogP contribution is 2.55. The van der Waals surface area contributed by atoms with Crippen LogP contribution >= 0.6 is 23.1 Å². The molecular formula is C21H24N4OS2. The largest absolute Gasteiger partial charge is 0.350 e. The third-order valence-corrected chi connectivity index (χ3v) is 9.04. The second-order valence-electron chi connectivity index (χ2n) is 9.12. The Bertz CT molecular complexity index is 1040. The summed E-state index contributed by atoms with van der Waals surface area (Å²) in [6.45, 7) is 2.00. The van der Waals surface area contributed by atoms with Crippen molar-refractivity contribution in [2.75, 3.05) is 0 Å². The van der Waals surface area contributed by atoms with Gasteiger partial charge in [-0.15, -0.1) is 10.2 Å². The van der Waals surface area contributed by atoms with Crippen LogP contribution in [-0.2, 0) is 4.79 Å². The van der Waals surface area contributed by atoms with Gasteiger partial charge in [-0.25, -0.2) is 0 Å². The number of benzene rings is 1. The average Bonchev–Trinajstić information content (AvgIpc) is 3.20. The molecule has 1 unspecified atom stereocenters. The smallest absolute Gasteiger partial charge is 0.233 e. The second kappa shape index (κ2) is 6.20. The van der Waals surface area contributed by atoms with Crippen LogP contribution in [0.1, 0.15) is 45.4 Å². The summed E-state index contributed by atoms with van der Waals surface area (Å²) >= 11 is 3.16. The zero-order valence-corrected chi connectivity index (χ0v) is 17.6. The maximum absolute atomic E-state index is 13.1. The summed E-state index contributed by atoms with van der Waals surface area (Å²) in [5.41, 5.74) is 1.18. The Labute approximate surface area is 172 Å². The summed E-state index contributed by atoms with van der Waals surface area (Å²) in [6, 6.07) is 8.27. The standard InChI is InChI=1S/C21H24N4OS2/c1-12(18(26)22-21-9-13-6-14(10-21)8-15(7-13)11-21)27-19-23-24-20-25(19)16-4-2-3-5-17(16)28-20/h2-5,12-15H,6-11H2,1H3,(H,22,26). The number of fused-ring (bicyclic) bond motifs is 3. The first-order valence-corrected chi connectivity index (χ1v) is 12.0. The van der Waals surface area contributed by atoms with Crippen molar-refractivity contribution in [3.63, 3.8) is 0 Å². The van der Waals surface area contributed by atoms with Crippen LogP contribution in [0.2, 0.25) is 0 Å². The van der Waals surface area contributed by atoms with E-state index in [2.05, 4.69) is 32.0 Å². The molecule has 1 amide bonds. The zero-order chi connectivity index (χ0) is 18.9. The van der Waals surface area contributed by atoms with Gasteiger partial charge in [-0.1, -0.05) is 35.2 Å². The van der Waals surface area contributed by atoms with E-state index < -0.39 is 0 Å². The molecule has 1 atom stereocenters. The molecule has 1 N–H and O–H groups in total. The molecule has 0 aliphatic heterocycles. The number of hydrogen-bond acceptors (Lipinski definition) is 5. The van der Waals surface area contributed by atoms with Crippen molar-refractivity contribution in [1.82, 2.24) is 19.9 Å². The maximum Gasteiger partial charge on any atom is 0.233 e. The molecule has 146 valence electrons. The Morgan fingerprint density at radius 3 is 2.57 bits per heavy atom. The molecule has 2 heterocycles. The van der Waals surface area contributed by atoms with Crippen molar-refractivity contribution in [2.24, 2.45) is 17.8 Å². The summed E-state index contributed by atoms with van der Waals surface area (Å²) in [5, 5.41) is 12.8. The maximum atomic E-state index is 13.1. The van der Waals surface area contributed by atoms with Crippen molar-refractivity contribution < 1.29 is 4.79 Å². The lowest BCUT2D eigenvalue weighted by molar-refractivity contribution is -0.126. The van der Waals surface area contributed by atoms with Crippen LogP contribution in [0.15, 0.2) is 29.4 Å². The lowest BCUT2D eigenvalue weighted by atomic mass is 9.53. The minimum atomic E-state index is -0.181. The van der Waals surface area contributed by atoms with Gasteiger partial charge in [-0.05, 0) is 75.3 Å². The van der Waals surface area contributed by atoms with Crippen LogP contribution in [-0.4, -0.2) is 31.3 Å². The van der Waals surface area contributed by atoms with Gasteiger partial charge in [0.25, 0.3) is 0 Å². The summed E-state index contributed by atoms with van der Waals surface area (Å²) in [4.78, 5) is 14.0. The average molecular weight is 413 g/mol. The highest BCUT2D eigenvalue weighted by Gasteiger charge is 2.51. The van der Waals surface area contributed by atoms with Gasteiger partial charge >= 0.3 is 0 Å². The Hall–Kier alpha value is -1.60. The molecule has 7 rings (SSSR count). The van der Waals surface area contributed by atoms with E-state index in [1.807, 2.05) is 19.1 Å². The number of aromatic nitrogens is 3. The van der Waals surface area contributed by atoms with Crippen molar-refractivity contribution in [3.05, 3.63) is 24.3 Å². The molecule has 4 aliphatic rings. The van der Waals surface area contributed by atoms with Gasteiger partial charge in [-0.2, -0.15) is 0 Å². The number of para-hydroxylation sites is 1. The van der Waals surface area contributed by atoms with Gasteiger partial charge in [0.2, 0.25) is 10.9 Å². The number of rotatable bonds is 4. The number of nitrogens with one attached hydrogen (secondary N) is 1. The molecular weight excluding hydrogens is 388 g/mol. The monoisotopic (exact) mass is 412 g/mol. The number of nitrogens with zero attached hydrogens (tertiary/aromatic N) is 3. The summed E-state index contributed by atoms with van der Waals surface area (Å²) in [6.07, 6.45) is 7.73. The molecule has 28 heavy (non-hydrogen) atoms. The minimum absolute atomic E-state index is 0.0654. The lowest BCUT2D eigenvalue weighted by Gasteiger charge is -2.57. The number of hydrogen-bond donors (Lipinski definition) is 1. The molecule has 0 saturated heterocycles. The number of thiazole rings is 1. The van der Waals surface area contributed by atoms with Crippen molar-refractivity contribution in [3.8, 4) is 0 Å². The fraction of sp³-hybridized carbons (Fsp3) is 0.571. The van der Waals surface area contributed by atoms with E-state index in [0.29, 0.717) is 0 Å². The van der Waals surface area contributed by atoms with E-state index in [1.165, 1.54) is 55.0 Å². The number of carbonyl (C=O) groups is 1. The molecule has 2 aromatic heterocycles. The van der Waals surface area contributed by atoms with Gasteiger partial charge in [-0.3, -0.25) is 9.20 Å². The van der Waals surface area contributed by atoms with Crippen LogP contribution in [0, 0.1) is 17.8 Å². The van der Waals surface area contributed by atoms with Gasteiger partial charge in [0.1, 0.15) is 0 Å². The normalized spacial score (nSPS) is 32.2. The van der Waals surface area contributed by atoms with Gasteiger partial charge in [0, 0.05) is 5.54 Å². The molecule has 1 aromatic carbocycles. The van der Waals surface area contributed by atoms with E-state index in [0.717, 1.165) is 33.4 Å². The molecule has 0 spiro atoms. The molecule has 4 saturated carbocycles.